The number of hydrogen-bond donors (Lipinski definition) is 0. The molecule has 0 aromatic rings. The first-order valence-electron chi connectivity index (χ1n) is 4.78. The summed E-state index contributed by atoms with van der Waals surface area (Å²) in [4.78, 5) is 0. The van der Waals surface area contributed by atoms with Crippen molar-refractivity contribution in [1.82, 2.24) is 0 Å². The fourth-order valence-electron chi connectivity index (χ4n) is 0.801. The number of phosphoric ester groups is 1. The summed E-state index contributed by atoms with van der Waals surface area (Å²) in [6, 6.07) is 0. The number of halogens is 1. The Labute approximate surface area is 99.4 Å². The van der Waals surface area contributed by atoms with E-state index in [-0.39, 0.29) is 0 Å². The highest BCUT2D eigenvalue weighted by Gasteiger charge is 2.24. The van der Waals surface area contributed by atoms with Crippen LogP contribution in [0, 0.1) is 0 Å². The minimum Gasteiger partial charge on any atom is -0.287 e. The molecule has 0 aromatic carbocycles. The molecule has 0 rings (SSSR count). The molecule has 0 aromatic heterocycles. The summed E-state index contributed by atoms with van der Waals surface area (Å²) in [5.74, 6) is 0. The molecule has 0 heterocycles. The van der Waals surface area contributed by atoms with Crippen LogP contribution in [0.5, 0.6) is 0 Å². The maximum atomic E-state index is 11.7. The standard InChI is InChI=1S/C8H18IO4P/c1-3-11-14(10,12-4-2)13-8-6-5-7-9/h3-8H2,1-2H3. The van der Waals surface area contributed by atoms with E-state index in [2.05, 4.69) is 22.6 Å². The quantitative estimate of drug-likeness (QED) is 0.280. The molecule has 0 amide bonds. The number of hydrogen-bond acceptors (Lipinski definition) is 4. The zero-order valence-electron chi connectivity index (χ0n) is 8.70. The summed E-state index contributed by atoms with van der Waals surface area (Å²) < 4.78 is 27.8. The van der Waals surface area contributed by atoms with Crippen molar-refractivity contribution in [3.05, 3.63) is 0 Å². The van der Waals surface area contributed by atoms with Gasteiger partial charge in [0.1, 0.15) is 0 Å². The molecule has 14 heavy (non-hydrogen) atoms. The van der Waals surface area contributed by atoms with Crippen molar-refractivity contribution < 1.29 is 18.1 Å². The molecule has 0 atom stereocenters. The summed E-state index contributed by atoms with van der Waals surface area (Å²) >= 11 is 2.29. The smallest absolute Gasteiger partial charge is 0.287 e. The minimum absolute atomic E-state index is 0.337. The van der Waals surface area contributed by atoms with E-state index in [4.69, 9.17) is 13.6 Å². The van der Waals surface area contributed by atoms with Crippen molar-refractivity contribution in [2.75, 3.05) is 24.2 Å². The predicted molar refractivity (Wildman–Crippen MR) is 64.9 cm³/mol. The van der Waals surface area contributed by atoms with Gasteiger partial charge < -0.3 is 0 Å². The normalized spacial score (nSPS) is 11.9. The van der Waals surface area contributed by atoms with E-state index in [1.165, 1.54) is 0 Å². The highest BCUT2D eigenvalue weighted by molar-refractivity contribution is 14.1. The molecule has 0 saturated carbocycles. The Balaban J connectivity index is 3.78. The number of phosphoric acid groups is 1. The number of rotatable bonds is 9. The Morgan fingerprint density at radius 3 is 2.07 bits per heavy atom. The lowest BCUT2D eigenvalue weighted by atomic mass is 10.4. The van der Waals surface area contributed by atoms with Crippen molar-refractivity contribution in [3.8, 4) is 0 Å². The van der Waals surface area contributed by atoms with Crippen LogP contribution in [0.2, 0.25) is 0 Å². The first kappa shape index (κ1) is 14.8. The highest BCUT2D eigenvalue weighted by Crippen LogP contribution is 2.49. The largest absolute Gasteiger partial charge is 0.474 e. The Morgan fingerprint density at radius 2 is 1.64 bits per heavy atom. The molecule has 0 bridgehead atoms. The molecule has 6 heteroatoms. The molecular formula is C8H18IO4P. The van der Waals surface area contributed by atoms with E-state index >= 15 is 0 Å². The lowest BCUT2D eigenvalue weighted by Crippen LogP contribution is -2.01. The van der Waals surface area contributed by atoms with Crippen LogP contribution in [0.4, 0.5) is 0 Å². The summed E-state index contributed by atoms with van der Waals surface area (Å²) in [6.07, 6.45) is 1.94. The summed E-state index contributed by atoms with van der Waals surface area (Å²) in [5, 5.41) is 0. The summed E-state index contributed by atoms with van der Waals surface area (Å²) in [6.45, 7) is 4.63. The molecule has 86 valence electrons. The molecule has 0 N–H and O–H groups in total. The number of alkyl halides is 1. The second kappa shape index (κ2) is 9.09. The van der Waals surface area contributed by atoms with Gasteiger partial charge in [-0.1, -0.05) is 22.6 Å². The maximum absolute atomic E-state index is 11.7. The predicted octanol–water partition coefficient (Wildman–Crippen LogP) is 3.40. The van der Waals surface area contributed by atoms with Crippen molar-refractivity contribution >= 4 is 30.4 Å². The van der Waals surface area contributed by atoms with Gasteiger partial charge in [0.2, 0.25) is 0 Å². The van der Waals surface area contributed by atoms with Gasteiger partial charge in [0.15, 0.2) is 0 Å². The second-order valence-electron chi connectivity index (χ2n) is 2.51. The van der Waals surface area contributed by atoms with Crippen LogP contribution in [-0.2, 0) is 18.1 Å². The SMILES string of the molecule is CCOP(=O)(OCC)OCCCCI. The minimum atomic E-state index is -3.26. The van der Waals surface area contributed by atoms with E-state index < -0.39 is 7.82 Å². The molecule has 0 unspecified atom stereocenters. The van der Waals surface area contributed by atoms with E-state index in [1.54, 1.807) is 13.8 Å². The van der Waals surface area contributed by atoms with Crippen LogP contribution >= 0.6 is 30.4 Å². The van der Waals surface area contributed by atoms with E-state index in [0.717, 1.165) is 17.3 Å². The number of unbranched alkanes of at least 4 members (excludes halogenated alkanes) is 1. The molecule has 0 aliphatic rings. The molecule has 0 fully saturated rings. The monoisotopic (exact) mass is 336 g/mol. The van der Waals surface area contributed by atoms with Gasteiger partial charge in [-0.15, -0.1) is 0 Å². The van der Waals surface area contributed by atoms with Gasteiger partial charge in [-0.2, -0.15) is 0 Å². The molecule has 4 nitrogen and oxygen atoms in total. The zero-order chi connectivity index (χ0) is 10.9. The summed E-state index contributed by atoms with van der Waals surface area (Å²) in [5.41, 5.74) is 0. The van der Waals surface area contributed by atoms with Crippen LogP contribution in [0.15, 0.2) is 0 Å². The van der Waals surface area contributed by atoms with Gasteiger partial charge >= 0.3 is 7.82 Å². The maximum Gasteiger partial charge on any atom is 0.474 e. The summed E-state index contributed by atoms with van der Waals surface area (Å²) in [7, 11) is -3.26. The van der Waals surface area contributed by atoms with Gasteiger partial charge in [0.05, 0.1) is 19.8 Å². The topological polar surface area (TPSA) is 44.8 Å². The van der Waals surface area contributed by atoms with Gasteiger partial charge in [0.25, 0.3) is 0 Å². The average Bonchev–Trinajstić information content (AvgIpc) is 2.13. The van der Waals surface area contributed by atoms with Crippen LogP contribution in [-0.4, -0.2) is 24.2 Å². The highest BCUT2D eigenvalue weighted by atomic mass is 127. The Morgan fingerprint density at radius 1 is 1.07 bits per heavy atom. The van der Waals surface area contributed by atoms with E-state index in [1.807, 2.05) is 0 Å². The van der Waals surface area contributed by atoms with Crippen LogP contribution in [0.25, 0.3) is 0 Å². The van der Waals surface area contributed by atoms with E-state index in [9.17, 15) is 4.57 Å². The van der Waals surface area contributed by atoms with Crippen LogP contribution in [0.1, 0.15) is 26.7 Å². The van der Waals surface area contributed by atoms with Crippen LogP contribution < -0.4 is 0 Å². The van der Waals surface area contributed by atoms with Gasteiger partial charge in [-0.3, -0.25) is 13.6 Å². The second-order valence-corrected chi connectivity index (χ2v) is 5.26. The van der Waals surface area contributed by atoms with Crippen molar-refractivity contribution in [2.24, 2.45) is 0 Å². The lowest BCUT2D eigenvalue weighted by Gasteiger charge is -2.15. The van der Waals surface area contributed by atoms with E-state index in [0.29, 0.717) is 19.8 Å². The average molecular weight is 336 g/mol. The third-order valence-corrected chi connectivity index (χ3v) is 3.76. The molecule has 0 spiro atoms. The lowest BCUT2D eigenvalue weighted by molar-refractivity contribution is 0.120. The first-order valence-corrected chi connectivity index (χ1v) is 7.76. The third-order valence-electron chi connectivity index (χ3n) is 1.35. The Hall–Kier alpha value is 0.840. The molecule has 0 saturated heterocycles. The molecule has 0 radical (unpaired) electrons. The van der Waals surface area contributed by atoms with Crippen LogP contribution in [0.3, 0.4) is 0 Å². The molecule has 0 aliphatic heterocycles. The van der Waals surface area contributed by atoms with Gasteiger partial charge in [-0.25, -0.2) is 4.57 Å². The Bertz CT molecular complexity index is 167. The Kier molecular flexibility index (Phi) is 9.64. The zero-order valence-corrected chi connectivity index (χ0v) is 11.8. The van der Waals surface area contributed by atoms with Crippen molar-refractivity contribution in [3.63, 3.8) is 0 Å². The molecular weight excluding hydrogens is 318 g/mol. The van der Waals surface area contributed by atoms with Gasteiger partial charge in [0, 0.05) is 0 Å². The third kappa shape index (κ3) is 7.17. The first-order chi connectivity index (χ1) is 6.68. The van der Waals surface area contributed by atoms with Crippen molar-refractivity contribution in [2.45, 2.75) is 26.7 Å². The fourth-order valence-corrected chi connectivity index (χ4v) is 2.55. The fraction of sp³-hybridized carbons (Fsp3) is 1.00. The van der Waals surface area contributed by atoms with Gasteiger partial charge in [-0.05, 0) is 31.1 Å². The van der Waals surface area contributed by atoms with Crippen molar-refractivity contribution in [1.29, 1.82) is 0 Å². The molecule has 0 aliphatic carbocycles.